The summed E-state index contributed by atoms with van der Waals surface area (Å²) < 4.78 is 13.0. The molecule has 2 aromatic carbocycles. The number of rotatable bonds is 5. The van der Waals surface area contributed by atoms with Gasteiger partial charge in [0.05, 0.1) is 5.52 Å². The van der Waals surface area contributed by atoms with E-state index in [2.05, 4.69) is 20.6 Å². The Morgan fingerprint density at radius 2 is 1.78 bits per heavy atom. The van der Waals surface area contributed by atoms with Gasteiger partial charge in [0.25, 0.3) is 0 Å². The third-order valence-electron chi connectivity index (χ3n) is 3.89. The van der Waals surface area contributed by atoms with Crippen LogP contribution in [0, 0.1) is 5.82 Å². The minimum atomic E-state index is -0.230. The summed E-state index contributed by atoms with van der Waals surface area (Å²) in [6.07, 6.45) is 2.38. The van der Waals surface area contributed by atoms with Gasteiger partial charge in [-0.1, -0.05) is 24.3 Å². The number of aromatic nitrogens is 2. The molecule has 2 N–H and O–H groups in total. The van der Waals surface area contributed by atoms with Crippen LogP contribution >= 0.6 is 0 Å². The minimum absolute atomic E-state index is 0.230. The molecule has 1 aliphatic rings. The largest absolute Gasteiger partial charge is 0.367 e. The van der Waals surface area contributed by atoms with Gasteiger partial charge in [-0.2, -0.15) is 4.98 Å². The second-order valence-electron chi connectivity index (χ2n) is 5.81. The van der Waals surface area contributed by atoms with Crippen LogP contribution < -0.4 is 10.6 Å². The van der Waals surface area contributed by atoms with Gasteiger partial charge in [0.15, 0.2) is 0 Å². The lowest BCUT2D eigenvalue weighted by Gasteiger charge is -2.11. The highest BCUT2D eigenvalue weighted by Gasteiger charge is 2.22. The van der Waals surface area contributed by atoms with Gasteiger partial charge >= 0.3 is 0 Å². The molecule has 1 aromatic heterocycles. The first kappa shape index (κ1) is 13.9. The maximum atomic E-state index is 13.0. The predicted octanol–water partition coefficient (Wildman–Crippen LogP) is 3.96. The zero-order valence-electron chi connectivity index (χ0n) is 12.6. The van der Waals surface area contributed by atoms with Gasteiger partial charge in [0.1, 0.15) is 11.6 Å². The van der Waals surface area contributed by atoms with Crippen LogP contribution in [0.25, 0.3) is 10.9 Å². The average Bonchev–Trinajstić information content (AvgIpc) is 3.38. The van der Waals surface area contributed by atoms with Crippen molar-refractivity contribution in [2.45, 2.75) is 25.4 Å². The Hall–Kier alpha value is -2.69. The first-order chi connectivity index (χ1) is 11.3. The van der Waals surface area contributed by atoms with Gasteiger partial charge in [-0.15, -0.1) is 0 Å². The summed E-state index contributed by atoms with van der Waals surface area (Å²) in [5, 5.41) is 7.72. The minimum Gasteiger partial charge on any atom is -0.367 e. The van der Waals surface area contributed by atoms with E-state index >= 15 is 0 Å². The van der Waals surface area contributed by atoms with Gasteiger partial charge in [0, 0.05) is 18.0 Å². The number of anilines is 2. The van der Waals surface area contributed by atoms with Crippen molar-refractivity contribution in [1.82, 2.24) is 9.97 Å². The summed E-state index contributed by atoms with van der Waals surface area (Å²) in [6.45, 7) is 0.557. The third kappa shape index (κ3) is 3.23. The summed E-state index contributed by atoms with van der Waals surface area (Å²) in [5.74, 6) is 1.22. The molecule has 1 aliphatic carbocycles. The molecule has 0 saturated heterocycles. The van der Waals surface area contributed by atoms with E-state index in [1.807, 2.05) is 24.3 Å². The van der Waals surface area contributed by atoms with Crippen LogP contribution in [-0.2, 0) is 6.54 Å². The average molecular weight is 308 g/mol. The van der Waals surface area contributed by atoms with E-state index in [1.54, 1.807) is 12.1 Å². The molecular formula is C18H17FN4. The number of fused-ring (bicyclic) bond motifs is 1. The summed E-state index contributed by atoms with van der Waals surface area (Å²) in [5.41, 5.74) is 1.90. The van der Waals surface area contributed by atoms with E-state index in [-0.39, 0.29) is 5.82 Å². The van der Waals surface area contributed by atoms with Crippen molar-refractivity contribution in [1.29, 1.82) is 0 Å². The standard InChI is InChI=1S/C18H17FN4/c19-13-7-5-12(6-8-13)11-20-18-22-16-4-2-1-3-15(16)17(23-18)21-14-9-10-14/h1-8,14H,9-11H2,(H2,20,21,22,23). The van der Waals surface area contributed by atoms with E-state index < -0.39 is 0 Å². The number of nitrogens with one attached hydrogen (secondary N) is 2. The summed E-state index contributed by atoms with van der Waals surface area (Å²) in [6, 6.07) is 14.9. The van der Waals surface area contributed by atoms with E-state index in [9.17, 15) is 4.39 Å². The van der Waals surface area contributed by atoms with Crippen molar-refractivity contribution < 1.29 is 4.39 Å². The highest BCUT2D eigenvalue weighted by atomic mass is 19.1. The fourth-order valence-electron chi connectivity index (χ4n) is 2.47. The Bertz CT molecular complexity index is 828. The van der Waals surface area contributed by atoms with Crippen LogP contribution in [-0.4, -0.2) is 16.0 Å². The number of nitrogens with zero attached hydrogens (tertiary/aromatic N) is 2. The Labute approximate surface area is 133 Å². The van der Waals surface area contributed by atoms with Gasteiger partial charge in [-0.3, -0.25) is 0 Å². The summed E-state index contributed by atoms with van der Waals surface area (Å²) in [4.78, 5) is 9.17. The lowest BCUT2D eigenvalue weighted by molar-refractivity contribution is 0.627. The molecule has 0 aliphatic heterocycles. The molecule has 0 spiro atoms. The van der Waals surface area contributed by atoms with Crippen LogP contribution in [0.15, 0.2) is 48.5 Å². The number of hydrogen-bond acceptors (Lipinski definition) is 4. The topological polar surface area (TPSA) is 49.8 Å². The lowest BCUT2D eigenvalue weighted by Crippen LogP contribution is -2.09. The van der Waals surface area contributed by atoms with Crippen LogP contribution in [0.4, 0.5) is 16.2 Å². The van der Waals surface area contributed by atoms with Crippen LogP contribution in [0.3, 0.4) is 0 Å². The Balaban J connectivity index is 1.59. The number of hydrogen-bond donors (Lipinski definition) is 2. The second-order valence-corrected chi connectivity index (χ2v) is 5.81. The number of halogens is 1. The van der Waals surface area contributed by atoms with Crippen LogP contribution in [0.2, 0.25) is 0 Å². The molecule has 23 heavy (non-hydrogen) atoms. The van der Waals surface area contributed by atoms with Crippen LogP contribution in [0.1, 0.15) is 18.4 Å². The quantitative estimate of drug-likeness (QED) is 0.749. The molecule has 5 heteroatoms. The fourth-order valence-corrected chi connectivity index (χ4v) is 2.47. The molecular weight excluding hydrogens is 291 g/mol. The van der Waals surface area contributed by atoms with Gasteiger partial charge < -0.3 is 10.6 Å². The molecule has 1 fully saturated rings. The van der Waals surface area contributed by atoms with Crippen molar-refractivity contribution in [3.8, 4) is 0 Å². The monoisotopic (exact) mass is 308 g/mol. The predicted molar refractivity (Wildman–Crippen MR) is 89.9 cm³/mol. The highest BCUT2D eigenvalue weighted by molar-refractivity contribution is 5.90. The van der Waals surface area contributed by atoms with Crippen molar-refractivity contribution in [3.63, 3.8) is 0 Å². The summed E-state index contributed by atoms with van der Waals surface area (Å²) in [7, 11) is 0. The van der Waals surface area contributed by atoms with Gasteiger partial charge in [-0.25, -0.2) is 9.37 Å². The van der Waals surface area contributed by atoms with E-state index in [4.69, 9.17) is 0 Å². The van der Waals surface area contributed by atoms with Crippen molar-refractivity contribution in [3.05, 3.63) is 59.9 Å². The van der Waals surface area contributed by atoms with Crippen molar-refractivity contribution >= 4 is 22.7 Å². The molecule has 1 saturated carbocycles. The maximum Gasteiger partial charge on any atom is 0.225 e. The van der Waals surface area contributed by atoms with Gasteiger partial charge in [0.2, 0.25) is 5.95 Å². The first-order valence-corrected chi connectivity index (χ1v) is 7.79. The highest BCUT2D eigenvalue weighted by Crippen LogP contribution is 2.28. The van der Waals surface area contributed by atoms with Crippen molar-refractivity contribution in [2.75, 3.05) is 10.6 Å². The molecule has 0 bridgehead atoms. The summed E-state index contributed by atoms with van der Waals surface area (Å²) >= 11 is 0. The fraction of sp³-hybridized carbons (Fsp3) is 0.222. The smallest absolute Gasteiger partial charge is 0.225 e. The zero-order chi connectivity index (χ0) is 15.6. The van der Waals surface area contributed by atoms with Crippen molar-refractivity contribution in [2.24, 2.45) is 0 Å². The Morgan fingerprint density at radius 3 is 2.57 bits per heavy atom. The molecule has 1 heterocycles. The van der Waals surface area contributed by atoms with Gasteiger partial charge in [-0.05, 0) is 42.7 Å². The normalized spacial score (nSPS) is 14.0. The molecule has 0 amide bonds. The van der Waals surface area contributed by atoms with E-state index in [0.29, 0.717) is 18.5 Å². The number of benzene rings is 2. The van der Waals surface area contributed by atoms with E-state index in [1.165, 1.54) is 25.0 Å². The Morgan fingerprint density at radius 1 is 1.00 bits per heavy atom. The molecule has 3 aromatic rings. The van der Waals surface area contributed by atoms with E-state index in [0.717, 1.165) is 22.3 Å². The van der Waals surface area contributed by atoms with Crippen LogP contribution in [0.5, 0.6) is 0 Å². The molecule has 4 nitrogen and oxygen atoms in total. The zero-order valence-corrected chi connectivity index (χ0v) is 12.6. The second kappa shape index (κ2) is 5.83. The molecule has 0 atom stereocenters. The third-order valence-corrected chi connectivity index (χ3v) is 3.89. The number of para-hydroxylation sites is 1. The SMILES string of the molecule is Fc1ccc(CNc2nc(NC3CC3)c3ccccc3n2)cc1. The molecule has 0 radical (unpaired) electrons. The molecule has 116 valence electrons. The lowest BCUT2D eigenvalue weighted by atomic mass is 10.2. The first-order valence-electron chi connectivity index (χ1n) is 7.79. The molecule has 0 unspecified atom stereocenters. The molecule has 4 rings (SSSR count). The maximum absolute atomic E-state index is 13.0. The Kier molecular flexibility index (Phi) is 3.54.